The van der Waals surface area contributed by atoms with Gasteiger partial charge in [-0.3, -0.25) is 24.1 Å². The number of urea groups is 1. The second kappa shape index (κ2) is 9.02. The number of carbonyl (C=O) groups is 5. The van der Waals surface area contributed by atoms with Gasteiger partial charge in [-0.25, -0.2) is 14.1 Å². The van der Waals surface area contributed by atoms with Gasteiger partial charge in [-0.1, -0.05) is 6.92 Å². The maximum atomic E-state index is 13.0. The van der Waals surface area contributed by atoms with Gasteiger partial charge in [0.05, 0.1) is 0 Å². The first-order valence-electron chi connectivity index (χ1n) is 9.49. The Hall–Kier alpha value is -3.30. The SMILES string of the molecule is CCCN1C(=O)C(=O)N(CC(=O)N(CC(=O)Nc2ccc(F)cc2)C(C)(C)C)C1=O. The van der Waals surface area contributed by atoms with E-state index in [9.17, 15) is 28.4 Å². The van der Waals surface area contributed by atoms with Gasteiger partial charge in [-0.05, 0) is 51.5 Å². The second-order valence-corrected chi connectivity index (χ2v) is 7.84. The van der Waals surface area contributed by atoms with Gasteiger partial charge in [0, 0.05) is 17.8 Å². The molecule has 0 aromatic heterocycles. The Balaban J connectivity index is 2.11. The molecule has 0 radical (unpaired) electrons. The second-order valence-electron chi connectivity index (χ2n) is 7.84. The molecular formula is C20H25FN4O5. The molecule has 2 rings (SSSR count). The lowest BCUT2D eigenvalue weighted by atomic mass is 10.1. The van der Waals surface area contributed by atoms with E-state index in [1.807, 2.05) is 0 Å². The number of rotatable bonds is 7. The molecule has 1 N–H and O–H groups in total. The standard InChI is InChI=1S/C20H25FN4O5/c1-5-10-23-17(28)18(29)24(19(23)30)12-16(27)25(20(2,3)4)11-15(26)22-14-8-6-13(21)7-9-14/h6-9H,5,10-12H2,1-4H3,(H,22,26). The van der Waals surface area contributed by atoms with E-state index in [1.54, 1.807) is 27.7 Å². The average Bonchev–Trinajstić information content (AvgIpc) is 2.85. The van der Waals surface area contributed by atoms with E-state index in [1.165, 1.54) is 29.2 Å². The van der Waals surface area contributed by atoms with Crippen LogP contribution in [0.5, 0.6) is 0 Å². The highest BCUT2D eigenvalue weighted by molar-refractivity contribution is 6.45. The smallest absolute Gasteiger partial charge is 0.327 e. The van der Waals surface area contributed by atoms with Gasteiger partial charge < -0.3 is 10.2 Å². The van der Waals surface area contributed by atoms with Crippen molar-refractivity contribution in [3.8, 4) is 0 Å². The first-order chi connectivity index (χ1) is 14.0. The summed E-state index contributed by atoms with van der Waals surface area (Å²) < 4.78 is 13.0. The van der Waals surface area contributed by atoms with Gasteiger partial charge in [-0.15, -0.1) is 0 Å². The van der Waals surface area contributed by atoms with Crippen molar-refractivity contribution in [1.29, 1.82) is 0 Å². The van der Waals surface area contributed by atoms with Crippen LogP contribution in [0.1, 0.15) is 34.1 Å². The molecule has 162 valence electrons. The Morgan fingerprint density at radius 1 is 1.03 bits per heavy atom. The fourth-order valence-corrected chi connectivity index (χ4v) is 2.91. The van der Waals surface area contributed by atoms with Gasteiger partial charge in [0.2, 0.25) is 11.8 Å². The third-order valence-electron chi connectivity index (χ3n) is 4.42. The highest BCUT2D eigenvalue weighted by Gasteiger charge is 2.45. The Bertz CT molecular complexity index is 863. The van der Waals surface area contributed by atoms with E-state index < -0.39 is 47.6 Å². The van der Waals surface area contributed by atoms with Crippen LogP contribution >= 0.6 is 0 Å². The number of nitrogens with one attached hydrogen (secondary N) is 1. The summed E-state index contributed by atoms with van der Waals surface area (Å²) >= 11 is 0. The van der Waals surface area contributed by atoms with Crippen molar-refractivity contribution in [2.45, 2.75) is 39.7 Å². The molecule has 1 saturated heterocycles. The number of amides is 6. The number of hydrogen-bond acceptors (Lipinski definition) is 5. The van der Waals surface area contributed by atoms with Crippen molar-refractivity contribution in [2.75, 3.05) is 25.0 Å². The Kier molecular flexibility index (Phi) is 6.91. The number of halogens is 1. The summed E-state index contributed by atoms with van der Waals surface area (Å²) in [6, 6.07) is 4.29. The normalized spacial score (nSPS) is 14.4. The largest absolute Gasteiger partial charge is 0.334 e. The monoisotopic (exact) mass is 420 g/mol. The van der Waals surface area contributed by atoms with Crippen LogP contribution < -0.4 is 5.32 Å². The minimum absolute atomic E-state index is 0.0805. The molecule has 6 amide bonds. The van der Waals surface area contributed by atoms with Crippen molar-refractivity contribution in [2.24, 2.45) is 0 Å². The first-order valence-corrected chi connectivity index (χ1v) is 9.49. The predicted octanol–water partition coefficient (Wildman–Crippen LogP) is 1.59. The van der Waals surface area contributed by atoms with Gasteiger partial charge >= 0.3 is 17.8 Å². The van der Waals surface area contributed by atoms with Crippen LogP contribution in [0.25, 0.3) is 0 Å². The third kappa shape index (κ3) is 5.19. The molecule has 10 heteroatoms. The molecule has 1 aromatic carbocycles. The fraction of sp³-hybridized carbons (Fsp3) is 0.450. The van der Waals surface area contributed by atoms with Crippen LogP contribution in [0.2, 0.25) is 0 Å². The number of anilines is 1. The lowest BCUT2D eigenvalue weighted by Crippen LogP contribution is -2.53. The van der Waals surface area contributed by atoms with Crippen LogP contribution in [0.3, 0.4) is 0 Å². The number of hydrogen-bond donors (Lipinski definition) is 1. The van der Waals surface area contributed by atoms with Gasteiger partial charge in [0.1, 0.15) is 18.9 Å². The number of benzene rings is 1. The van der Waals surface area contributed by atoms with E-state index in [4.69, 9.17) is 0 Å². The molecule has 0 spiro atoms. The van der Waals surface area contributed by atoms with E-state index in [0.717, 1.165) is 4.90 Å². The van der Waals surface area contributed by atoms with E-state index in [0.29, 0.717) is 17.0 Å². The summed E-state index contributed by atoms with van der Waals surface area (Å²) in [6.07, 6.45) is 0.476. The molecule has 1 aromatic rings. The minimum atomic E-state index is -1.06. The number of carbonyl (C=O) groups excluding carboxylic acids is 5. The molecule has 0 aliphatic carbocycles. The molecule has 30 heavy (non-hydrogen) atoms. The highest BCUT2D eigenvalue weighted by atomic mass is 19.1. The van der Waals surface area contributed by atoms with Crippen molar-refractivity contribution in [3.05, 3.63) is 30.1 Å². The summed E-state index contributed by atoms with van der Waals surface area (Å²) in [6.45, 7) is 5.90. The topological polar surface area (TPSA) is 107 Å². The minimum Gasteiger partial charge on any atom is -0.327 e. The van der Waals surface area contributed by atoms with E-state index in [-0.39, 0.29) is 13.1 Å². The maximum Gasteiger partial charge on any atom is 0.334 e. The average molecular weight is 420 g/mol. The van der Waals surface area contributed by atoms with Crippen molar-refractivity contribution < 1.29 is 28.4 Å². The van der Waals surface area contributed by atoms with Crippen molar-refractivity contribution in [1.82, 2.24) is 14.7 Å². The molecule has 0 atom stereocenters. The van der Waals surface area contributed by atoms with Gasteiger partial charge in [0.15, 0.2) is 0 Å². The van der Waals surface area contributed by atoms with Crippen LogP contribution in [0, 0.1) is 5.82 Å². The van der Waals surface area contributed by atoms with Crippen molar-refractivity contribution >= 4 is 35.3 Å². The number of imide groups is 2. The predicted molar refractivity (Wildman–Crippen MR) is 106 cm³/mol. The van der Waals surface area contributed by atoms with Crippen LogP contribution in [0.15, 0.2) is 24.3 Å². The third-order valence-corrected chi connectivity index (χ3v) is 4.42. The molecule has 0 saturated carbocycles. The first kappa shape index (κ1) is 23.0. The Labute approximate surface area is 173 Å². The lowest BCUT2D eigenvalue weighted by molar-refractivity contribution is -0.146. The molecule has 1 aliphatic heterocycles. The fourth-order valence-electron chi connectivity index (χ4n) is 2.91. The van der Waals surface area contributed by atoms with Gasteiger partial charge in [-0.2, -0.15) is 0 Å². The van der Waals surface area contributed by atoms with Crippen LogP contribution in [0.4, 0.5) is 14.9 Å². The number of nitrogens with zero attached hydrogens (tertiary/aromatic N) is 3. The molecule has 1 aliphatic rings. The molecule has 1 fully saturated rings. The zero-order valence-electron chi connectivity index (χ0n) is 17.4. The molecule has 1 heterocycles. The van der Waals surface area contributed by atoms with Crippen LogP contribution in [-0.4, -0.2) is 69.5 Å². The molecule has 9 nitrogen and oxygen atoms in total. The van der Waals surface area contributed by atoms with E-state index in [2.05, 4.69) is 5.32 Å². The van der Waals surface area contributed by atoms with Crippen LogP contribution in [-0.2, 0) is 19.2 Å². The highest BCUT2D eigenvalue weighted by Crippen LogP contribution is 2.18. The quantitative estimate of drug-likeness (QED) is 0.533. The zero-order valence-corrected chi connectivity index (χ0v) is 17.4. The summed E-state index contributed by atoms with van der Waals surface area (Å²) in [5.74, 6) is -3.68. The summed E-state index contributed by atoms with van der Waals surface area (Å²) in [4.78, 5) is 64.3. The maximum absolute atomic E-state index is 13.0. The lowest BCUT2D eigenvalue weighted by Gasteiger charge is -2.35. The van der Waals surface area contributed by atoms with Crippen molar-refractivity contribution in [3.63, 3.8) is 0 Å². The van der Waals surface area contributed by atoms with Gasteiger partial charge in [0.25, 0.3) is 0 Å². The summed E-state index contributed by atoms with van der Waals surface area (Å²) in [5.41, 5.74) is -0.454. The molecular weight excluding hydrogens is 395 g/mol. The zero-order chi connectivity index (χ0) is 22.6. The molecule has 0 bridgehead atoms. The molecule has 0 unspecified atom stereocenters. The Morgan fingerprint density at radius 3 is 2.13 bits per heavy atom. The summed E-state index contributed by atoms with van der Waals surface area (Å²) in [7, 11) is 0. The van der Waals surface area contributed by atoms with E-state index >= 15 is 0 Å². The summed E-state index contributed by atoms with van der Waals surface area (Å²) in [5, 5.41) is 2.56. The Morgan fingerprint density at radius 2 is 1.60 bits per heavy atom.